The van der Waals surface area contributed by atoms with E-state index >= 15 is 0 Å². The first-order valence-electron chi connectivity index (χ1n) is 9.18. The van der Waals surface area contributed by atoms with Gasteiger partial charge in [-0.3, -0.25) is 4.79 Å². The monoisotopic (exact) mass is 378 g/mol. The number of aliphatic imine (C=N–C) groups is 1. The molecule has 1 aliphatic rings. The predicted octanol–water partition coefficient (Wildman–Crippen LogP) is 4.17. The summed E-state index contributed by atoms with van der Waals surface area (Å²) in [5, 5.41) is 2.69. The lowest BCUT2D eigenvalue weighted by Gasteiger charge is -2.05. The number of cyclic esters (lactones) is 1. The summed E-state index contributed by atoms with van der Waals surface area (Å²) >= 11 is 0. The van der Waals surface area contributed by atoms with Crippen LogP contribution in [0.1, 0.15) is 37.8 Å². The van der Waals surface area contributed by atoms with Gasteiger partial charge in [0.15, 0.2) is 5.70 Å². The van der Waals surface area contributed by atoms with Crippen molar-refractivity contribution in [3.8, 4) is 5.75 Å². The molecule has 144 valence electrons. The van der Waals surface area contributed by atoms with Crippen LogP contribution in [0.2, 0.25) is 0 Å². The fourth-order valence-corrected chi connectivity index (χ4v) is 2.58. The van der Waals surface area contributed by atoms with Crippen molar-refractivity contribution < 1.29 is 19.1 Å². The predicted molar refractivity (Wildman–Crippen MR) is 108 cm³/mol. The molecule has 6 nitrogen and oxygen atoms in total. The van der Waals surface area contributed by atoms with Crippen LogP contribution < -0.4 is 10.1 Å². The maximum absolute atomic E-state index is 12.1. The molecule has 1 heterocycles. The Balaban J connectivity index is 1.71. The second kappa shape index (κ2) is 8.99. The average Bonchev–Trinajstić information content (AvgIpc) is 3.04. The number of unbranched alkanes of at least 4 members (excludes halogenated alkanes) is 1. The van der Waals surface area contributed by atoms with Crippen LogP contribution in [-0.2, 0) is 14.3 Å². The molecule has 2 aromatic rings. The molecule has 0 bridgehead atoms. The molecule has 6 heteroatoms. The fourth-order valence-electron chi connectivity index (χ4n) is 2.58. The second-order valence-electron chi connectivity index (χ2n) is 6.37. The van der Waals surface area contributed by atoms with Gasteiger partial charge in [0, 0.05) is 18.2 Å². The third-order valence-electron chi connectivity index (χ3n) is 4.02. The Morgan fingerprint density at radius 3 is 2.50 bits per heavy atom. The number of carbonyl (C=O) groups is 2. The Morgan fingerprint density at radius 1 is 1.14 bits per heavy atom. The van der Waals surface area contributed by atoms with Crippen molar-refractivity contribution in [2.75, 3.05) is 11.9 Å². The number of hydrogen-bond donors (Lipinski definition) is 1. The van der Waals surface area contributed by atoms with Crippen molar-refractivity contribution in [1.82, 2.24) is 0 Å². The fraction of sp³-hybridized carbons (Fsp3) is 0.227. The van der Waals surface area contributed by atoms with Gasteiger partial charge in [-0.25, -0.2) is 9.79 Å². The van der Waals surface area contributed by atoms with E-state index in [1.807, 2.05) is 24.3 Å². The van der Waals surface area contributed by atoms with Crippen LogP contribution in [0.15, 0.2) is 59.2 Å². The summed E-state index contributed by atoms with van der Waals surface area (Å²) in [6, 6.07) is 14.4. The molecule has 0 aliphatic carbocycles. The van der Waals surface area contributed by atoms with Gasteiger partial charge in [-0.1, -0.05) is 25.5 Å². The third kappa shape index (κ3) is 5.07. The van der Waals surface area contributed by atoms with Crippen molar-refractivity contribution in [3.05, 3.63) is 65.4 Å². The quantitative estimate of drug-likeness (QED) is 0.446. The minimum absolute atomic E-state index is 0.138. The van der Waals surface area contributed by atoms with Gasteiger partial charge in [0.05, 0.1) is 6.61 Å². The van der Waals surface area contributed by atoms with Crippen LogP contribution in [0.3, 0.4) is 0 Å². The number of esters is 1. The van der Waals surface area contributed by atoms with E-state index < -0.39 is 5.97 Å². The van der Waals surface area contributed by atoms with Crippen LogP contribution in [0.5, 0.6) is 5.75 Å². The van der Waals surface area contributed by atoms with E-state index in [0.29, 0.717) is 17.9 Å². The van der Waals surface area contributed by atoms with Crippen LogP contribution in [0, 0.1) is 0 Å². The summed E-state index contributed by atoms with van der Waals surface area (Å²) in [5.74, 6) is 0.411. The van der Waals surface area contributed by atoms with E-state index in [2.05, 4.69) is 17.2 Å². The minimum Gasteiger partial charge on any atom is -0.494 e. The molecule has 1 amide bonds. The number of ether oxygens (including phenoxy) is 2. The lowest BCUT2D eigenvalue weighted by atomic mass is 10.1. The Hall–Kier alpha value is -3.41. The zero-order chi connectivity index (χ0) is 19.9. The molecule has 1 N–H and O–H groups in total. The number of anilines is 1. The van der Waals surface area contributed by atoms with Crippen molar-refractivity contribution in [3.63, 3.8) is 0 Å². The van der Waals surface area contributed by atoms with Gasteiger partial charge >= 0.3 is 5.97 Å². The number of amides is 1. The average molecular weight is 378 g/mol. The van der Waals surface area contributed by atoms with Crippen LogP contribution >= 0.6 is 0 Å². The first-order chi connectivity index (χ1) is 13.5. The molecule has 0 atom stereocenters. The standard InChI is InChI=1S/C22H22N2O4/c1-3-4-13-27-19-11-7-17(8-12-19)21-24-20(22(26)28-21)14-16-5-9-18(10-6-16)23-15(2)25/h5-12,14H,3-4,13H2,1-2H3,(H,23,25)/b20-14+. The molecule has 0 radical (unpaired) electrons. The van der Waals surface area contributed by atoms with Gasteiger partial charge in [-0.15, -0.1) is 0 Å². The van der Waals surface area contributed by atoms with Gasteiger partial charge in [0.1, 0.15) is 5.75 Å². The van der Waals surface area contributed by atoms with Crippen LogP contribution in [0.25, 0.3) is 6.08 Å². The summed E-state index contributed by atoms with van der Waals surface area (Å²) in [6.07, 6.45) is 3.73. The molecular formula is C22H22N2O4. The van der Waals surface area contributed by atoms with Crippen LogP contribution in [-0.4, -0.2) is 24.4 Å². The van der Waals surface area contributed by atoms with E-state index in [9.17, 15) is 9.59 Å². The van der Waals surface area contributed by atoms with E-state index in [4.69, 9.17) is 9.47 Å². The SMILES string of the molecule is CCCCOc1ccc(C2=N/C(=C/c3ccc(NC(C)=O)cc3)C(=O)O2)cc1. The van der Waals surface area contributed by atoms with Crippen LogP contribution in [0.4, 0.5) is 5.69 Å². The molecule has 2 aromatic carbocycles. The summed E-state index contributed by atoms with van der Waals surface area (Å²) in [4.78, 5) is 27.5. The first-order valence-corrected chi connectivity index (χ1v) is 9.18. The first kappa shape index (κ1) is 19.4. The van der Waals surface area contributed by atoms with Gasteiger partial charge in [0.25, 0.3) is 0 Å². The second-order valence-corrected chi connectivity index (χ2v) is 6.37. The van der Waals surface area contributed by atoms with Crippen molar-refractivity contribution in [2.45, 2.75) is 26.7 Å². The molecule has 0 saturated heterocycles. The normalized spacial score (nSPS) is 14.6. The number of hydrogen-bond acceptors (Lipinski definition) is 5. The molecule has 0 spiro atoms. The van der Waals surface area contributed by atoms with Crippen molar-refractivity contribution >= 4 is 29.5 Å². The number of benzene rings is 2. The van der Waals surface area contributed by atoms with Gasteiger partial charge in [-0.2, -0.15) is 0 Å². The smallest absolute Gasteiger partial charge is 0.363 e. The minimum atomic E-state index is -0.496. The topological polar surface area (TPSA) is 77.0 Å². The summed E-state index contributed by atoms with van der Waals surface area (Å²) < 4.78 is 10.9. The lowest BCUT2D eigenvalue weighted by Crippen LogP contribution is -2.05. The Bertz CT molecular complexity index is 913. The third-order valence-corrected chi connectivity index (χ3v) is 4.02. The molecular weight excluding hydrogens is 356 g/mol. The number of carbonyl (C=O) groups excluding carboxylic acids is 2. The van der Waals surface area contributed by atoms with E-state index in [1.165, 1.54) is 6.92 Å². The van der Waals surface area contributed by atoms with E-state index in [1.54, 1.807) is 30.3 Å². The zero-order valence-electron chi connectivity index (χ0n) is 15.9. The molecule has 0 fully saturated rings. The lowest BCUT2D eigenvalue weighted by molar-refractivity contribution is -0.129. The molecule has 1 aliphatic heterocycles. The summed E-state index contributed by atoms with van der Waals surface area (Å²) in [7, 11) is 0. The zero-order valence-corrected chi connectivity index (χ0v) is 15.9. The summed E-state index contributed by atoms with van der Waals surface area (Å²) in [6.45, 7) is 4.24. The van der Waals surface area contributed by atoms with Gasteiger partial charge in [0.2, 0.25) is 11.8 Å². The highest BCUT2D eigenvalue weighted by Gasteiger charge is 2.24. The molecule has 28 heavy (non-hydrogen) atoms. The maximum Gasteiger partial charge on any atom is 0.363 e. The maximum atomic E-state index is 12.1. The number of nitrogens with one attached hydrogen (secondary N) is 1. The number of nitrogens with zero attached hydrogens (tertiary/aromatic N) is 1. The molecule has 0 aromatic heterocycles. The highest BCUT2D eigenvalue weighted by atomic mass is 16.6. The number of rotatable bonds is 7. The van der Waals surface area contributed by atoms with Gasteiger partial charge < -0.3 is 14.8 Å². The Kier molecular flexibility index (Phi) is 6.22. The molecule has 0 saturated carbocycles. The Labute approximate surface area is 163 Å². The van der Waals surface area contributed by atoms with Crippen molar-refractivity contribution in [2.24, 2.45) is 4.99 Å². The molecule has 3 rings (SSSR count). The summed E-state index contributed by atoms with van der Waals surface area (Å²) in [5.41, 5.74) is 2.41. The van der Waals surface area contributed by atoms with Crippen molar-refractivity contribution in [1.29, 1.82) is 0 Å². The Morgan fingerprint density at radius 2 is 1.86 bits per heavy atom. The highest BCUT2D eigenvalue weighted by Crippen LogP contribution is 2.21. The van der Waals surface area contributed by atoms with E-state index in [-0.39, 0.29) is 17.5 Å². The largest absolute Gasteiger partial charge is 0.494 e. The highest BCUT2D eigenvalue weighted by molar-refractivity contribution is 6.12. The van der Waals surface area contributed by atoms with Gasteiger partial charge in [-0.05, 0) is 54.5 Å². The van der Waals surface area contributed by atoms with E-state index in [0.717, 1.165) is 24.2 Å². The molecule has 0 unspecified atom stereocenters.